The van der Waals surface area contributed by atoms with Crippen molar-refractivity contribution < 1.29 is 9.59 Å². The lowest BCUT2D eigenvalue weighted by molar-refractivity contribution is -0.126. The molecule has 108 valence electrons. The highest BCUT2D eigenvalue weighted by atomic mass is 35.5. The number of anilines is 1. The summed E-state index contributed by atoms with van der Waals surface area (Å²) >= 11 is 17.5. The van der Waals surface area contributed by atoms with Crippen LogP contribution in [0, 0.1) is 5.41 Å². The molecule has 20 heavy (non-hydrogen) atoms. The van der Waals surface area contributed by atoms with E-state index in [0.29, 0.717) is 17.1 Å². The van der Waals surface area contributed by atoms with Crippen LogP contribution in [-0.4, -0.2) is 16.3 Å². The minimum absolute atomic E-state index is 0.343. The Morgan fingerprint density at radius 1 is 1.15 bits per heavy atom. The van der Waals surface area contributed by atoms with E-state index < -0.39 is 21.7 Å². The summed E-state index contributed by atoms with van der Waals surface area (Å²) in [5.41, 5.74) is 4.17. The second-order valence-corrected chi connectivity index (χ2v) is 6.67. The molecular weight excluding hydrogens is 325 g/mol. The van der Waals surface area contributed by atoms with E-state index in [2.05, 4.69) is 16.2 Å². The lowest BCUT2D eigenvalue weighted by Crippen LogP contribution is -2.47. The van der Waals surface area contributed by atoms with Gasteiger partial charge < -0.3 is 5.32 Å². The molecule has 0 heterocycles. The third-order valence-electron chi connectivity index (χ3n) is 3.15. The minimum atomic E-state index is -1.08. The van der Waals surface area contributed by atoms with Crippen molar-refractivity contribution in [3.05, 3.63) is 29.3 Å². The summed E-state index contributed by atoms with van der Waals surface area (Å²) in [4.78, 5) is 23.4. The molecule has 0 aromatic heterocycles. The molecule has 0 spiro atoms. The van der Waals surface area contributed by atoms with Gasteiger partial charge in [-0.3, -0.25) is 10.2 Å². The average Bonchev–Trinajstić information content (AvgIpc) is 2.90. The Morgan fingerprint density at radius 3 is 2.20 bits per heavy atom. The molecule has 1 saturated carbocycles. The summed E-state index contributed by atoms with van der Waals surface area (Å²) in [5, 5.41) is 3.09. The van der Waals surface area contributed by atoms with E-state index >= 15 is 0 Å². The fourth-order valence-electron chi connectivity index (χ4n) is 1.59. The molecule has 3 N–H and O–H groups in total. The molecule has 1 aromatic carbocycles. The van der Waals surface area contributed by atoms with Gasteiger partial charge in [0.05, 0.1) is 5.41 Å². The second-order valence-electron chi connectivity index (χ2n) is 4.75. The lowest BCUT2D eigenvalue weighted by atomic mass is 10.1. The molecule has 0 radical (unpaired) electrons. The van der Waals surface area contributed by atoms with Crippen molar-refractivity contribution in [1.29, 1.82) is 0 Å². The number of hydrazine groups is 1. The van der Waals surface area contributed by atoms with Gasteiger partial charge in [0.1, 0.15) is 4.33 Å². The molecular formula is C12H12Cl3N3O2. The van der Waals surface area contributed by atoms with Gasteiger partial charge in [0.2, 0.25) is 5.91 Å². The molecule has 0 aliphatic heterocycles. The minimum Gasteiger partial charge on any atom is -0.307 e. The van der Waals surface area contributed by atoms with Crippen molar-refractivity contribution >= 4 is 52.4 Å². The molecule has 2 rings (SSSR count). The summed E-state index contributed by atoms with van der Waals surface area (Å²) in [5.74, 6) is -0.436. The number of hydrogen-bond donors (Lipinski definition) is 3. The van der Waals surface area contributed by atoms with E-state index in [9.17, 15) is 9.59 Å². The molecule has 1 aromatic rings. The first kappa shape index (κ1) is 15.2. The first-order valence-corrected chi connectivity index (χ1v) is 6.89. The van der Waals surface area contributed by atoms with Gasteiger partial charge in [-0.15, -0.1) is 23.2 Å². The van der Waals surface area contributed by atoms with E-state index in [1.807, 2.05) is 0 Å². The number of amides is 3. The highest BCUT2D eigenvalue weighted by Crippen LogP contribution is 2.63. The number of urea groups is 1. The quantitative estimate of drug-likeness (QED) is 0.574. The maximum absolute atomic E-state index is 11.8. The van der Waals surface area contributed by atoms with Crippen LogP contribution in [-0.2, 0) is 4.79 Å². The van der Waals surface area contributed by atoms with Gasteiger partial charge >= 0.3 is 6.03 Å². The summed E-state index contributed by atoms with van der Waals surface area (Å²) in [6, 6.07) is 5.95. The molecule has 0 bridgehead atoms. The van der Waals surface area contributed by atoms with Crippen LogP contribution in [0.4, 0.5) is 10.5 Å². The van der Waals surface area contributed by atoms with Crippen LogP contribution in [0.3, 0.4) is 0 Å². The zero-order valence-corrected chi connectivity index (χ0v) is 12.7. The van der Waals surface area contributed by atoms with Crippen LogP contribution < -0.4 is 16.2 Å². The Balaban J connectivity index is 1.81. The molecule has 3 amide bonds. The molecule has 1 atom stereocenters. The number of alkyl halides is 2. The summed E-state index contributed by atoms with van der Waals surface area (Å²) in [6.45, 7) is 1.63. The largest absolute Gasteiger partial charge is 0.337 e. The Bertz CT molecular complexity index is 547. The maximum Gasteiger partial charge on any atom is 0.337 e. The van der Waals surface area contributed by atoms with E-state index in [-0.39, 0.29) is 0 Å². The van der Waals surface area contributed by atoms with Gasteiger partial charge in [-0.25, -0.2) is 10.2 Å². The summed E-state index contributed by atoms with van der Waals surface area (Å²) in [7, 11) is 0. The van der Waals surface area contributed by atoms with Crippen LogP contribution >= 0.6 is 34.8 Å². The SMILES string of the molecule is C[C@@]1(C(=O)NNC(=O)Nc2ccc(Cl)cc2)CC1(Cl)Cl. The number of carbonyl (C=O) groups is 2. The lowest BCUT2D eigenvalue weighted by Gasteiger charge is -2.13. The van der Waals surface area contributed by atoms with E-state index in [1.54, 1.807) is 31.2 Å². The monoisotopic (exact) mass is 335 g/mol. The van der Waals surface area contributed by atoms with Crippen molar-refractivity contribution in [2.75, 3.05) is 5.32 Å². The van der Waals surface area contributed by atoms with Crippen molar-refractivity contribution in [3.8, 4) is 0 Å². The Kier molecular flexibility index (Phi) is 4.04. The maximum atomic E-state index is 11.8. The van der Waals surface area contributed by atoms with Gasteiger partial charge in [0, 0.05) is 10.7 Å². The predicted molar refractivity (Wildman–Crippen MR) is 78.9 cm³/mol. The average molecular weight is 337 g/mol. The molecule has 0 unspecified atom stereocenters. The van der Waals surface area contributed by atoms with Gasteiger partial charge in [-0.1, -0.05) is 11.6 Å². The second kappa shape index (κ2) is 5.31. The highest BCUT2D eigenvalue weighted by Gasteiger charge is 2.68. The van der Waals surface area contributed by atoms with Crippen molar-refractivity contribution in [1.82, 2.24) is 10.9 Å². The summed E-state index contributed by atoms with van der Waals surface area (Å²) in [6.07, 6.45) is 0.343. The smallest absolute Gasteiger partial charge is 0.307 e. The number of hydrogen-bond acceptors (Lipinski definition) is 2. The zero-order chi connectivity index (χ0) is 15.0. The molecule has 5 nitrogen and oxygen atoms in total. The number of halogens is 3. The fourth-order valence-corrected chi connectivity index (χ4v) is 2.43. The molecule has 8 heteroatoms. The first-order valence-electron chi connectivity index (χ1n) is 5.75. The fraction of sp³-hybridized carbons (Fsp3) is 0.333. The highest BCUT2D eigenvalue weighted by molar-refractivity contribution is 6.53. The van der Waals surface area contributed by atoms with Crippen LogP contribution in [0.15, 0.2) is 24.3 Å². The van der Waals surface area contributed by atoms with E-state index in [0.717, 1.165) is 0 Å². The van der Waals surface area contributed by atoms with Gasteiger partial charge in [0.15, 0.2) is 0 Å². The number of nitrogens with one attached hydrogen (secondary N) is 3. The third kappa shape index (κ3) is 3.11. The van der Waals surface area contributed by atoms with Crippen LogP contribution in [0.5, 0.6) is 0 Å². The predicted octanol–water partition coefficient (Wildman–Crippen LogP) is 3.08. The standard InChI is InChI=1S/C12H12Cl3N3O2/c1-11(6-12(11,14)15)9(19)17-18-10(20)16-8-4-2-7(13)3-5-8/h2-5H,6H2,1H3,(H,17,19)(H2,16,18,20)/t11-/m0/s1. The van der Waals surface area contributed by atoms with Gasteiger partial charge in [-0.05, 0) is 37.6 Å². The third-order valence-corrected chi connectivity index (χ3v) is 4.50. The van der Waals surface area contributed by atoms with Crippen LogP contribution in [0.2, 0.25) is 5.02 Å². The van der Waals surface area contributed by atoms with Crippen molar-refractivity contribution in [3.63, 3.8) is 0 Å². The molecule has 1 fully saturated rings. The molecule has 0 saturated heterocycles. The van der Waals surface area contributed by atoms with E-state index in [1.165, 1.54) is 0 Å². The number of carbonyl (C=O) groups excluding carboxylic acids is 2. The van der Waals surface area contributed by atoms with Crippen molar-refractivity contribution in [2.24, 2.45) is 5.41 Å². The first-order chi connectivity index (χ1) is 9.24. The number of benzene rings is 1. The Hall–Kier alpha value is -1.17. The molecule has 1 aliphatic rings. The van der Waals surface area contributed by atoms with Gasteiger partial charge in [0.25, 0.3) is 0 Å². The normalized spacial score (nSPS) is 22.8. The summed E-state index contributed by atoms with van der Waals surface area (Å²) < 4.78 is -1.08. The molecule has 1 aliphatic carbocycles. The van der Waals surface area contributed by atoms with Crippen LogP contribution in [0.1, 0.15) is 13.3 Å². The van der Waals surface area contributed by atoms with Crippen molar-refractivity contribution in [2.45, 2.75) is 17.7 Å². The Morgan fingerprint density at radius 2 is 1.70 bits per heavy atom. The van der Waals surface area contributed by atoms with Gasteiger partial charge in [-0.2, -0.15) is 0 Å². The van der Waals surface area contributed by atoms with E-state index in [4.69, 9.17) is 34.8 Å². The number of rotatable bonds is 2. The topological polar surface area (TPSA) is 70.2 Å². The Labute approximate surface area is 130 Å². The van der Waals surface area contributed by atoms with Crippen LogP contribution in [0.25, 0.3) is 0 Å². The zero-order valence-electron chi connectivity index (χ0n) is 10.5.